The molecule has 0 amide bonds. The number of carbonyl (C=O) groups is 1. The molecule has 0 saturated carbocycles. The minimum atomic E-state index is -0.292. The second-order valence-electron chi connectivity index (χ2n) is 5.07. The first-order chi connectivity index (χ1) is 9.49. The van der Waals surface area contributed by atoms with Gasteiger partial charge in [0, 0.05) is 19.2 Å². The van der Waals surface area contributed by atoms with Gasteiger partial charge in [-0.25, -0.2) is 0 Å². The number of ketones is 1. The molecule has 6 heteroatoms. The normalized spacial score (nSPS) is 23.7. The van der Waals surface area contributed by atoms with Gasteiger partial charge >= 0.3 is 0 Å². The van der Waals surface area contributed by atoms with E-state index in [1.54, 1.807) is 0 Å². The van der Waals surface area contributed by atoms with Crippen LogP contribution < -0.4 is 0 Å². The number of phenolic OH excluding ortho intramolecular Hbond substituents is 2. The number of benzene rings is 1. The number of Topliss-reactive ketones (excluding diaryl/α,β-unsaturated/α-hetero) is 1. The molecule has 1 saturated heterocycles. The lowest BCUT2D eigenvalue weighted by Gasteiger charge is -2.35. The minimum absolute atomic E-state index is 0.0536. The van der Waals surface area contributed by atoms with Gasteiger partial charge in [0.15, 0.2) is 5.78 Å². The molecule has 2 unspecified atom stereocenters. The summed E-state index contributed by atoms with van der Waals surface area (Å²) in [4.78, 5) is 14.1. The molecule has 0 spiro atoms. The lowest BCUT2D eigenvalue weighted by Crippen LogP contribution is -2.49. The summed E-state index contributed by atoms with van der Waals surface area (Å²) in [5, 5.41) is 28.0. The highest BCUT2D eigenvalue weighted by Crippen LogP contribution is 2.23. The van der Waals surface area contributed by atoms with Gasteiger partial charge in [0.25, 0.3) is 0 Å². The number of aliphatic hydroxyl groups excluding tert-OH is 1. The summed E-state index contributed by atoms with van der Waals surface area (Å²) >= 11 is 0. The fourth-order valence-electron chi connectivity index (χ4n) is 2.41. The van der Waals surface area contributed by atoms with Crippen LogP contribution in [0.15, 0.2) is 18.2 Å². The van der Waals surface area contributed by atoms with Crippen molar-refractivity contribution in [2.45, 2.75) is 19.1 Å². The summed E-state index contributed by atoms with van der Waals surface area (Å²) in [7, 11) is 0. The van der Waals surface area contributed by atoms with Crippen LogP contribution >= 0.6 is 0 Å². The van der Waals surface area contributed by atoms with Gasteiger partial charge in [-0.1, -0.05) is 0 Å². The van der Waals surface area contributed by atoms with E-state index in [1.807, 2.05) is 11.8 Å². The molecule has 3 N–H and O–H groups in total. The standard InChI is InChI=1S/C14H19NO5/c1-9-5-15(6-11(8-16)20-9)7-14(19)12-3-2-10(17)4-13(12)18/h2-4,9,11,16-18H,5-8H2,1H3. The first-order valence-corrected chi connectivity index (χ1v) is 6.53. The maximum absolute atomic E-state index is 12.2. The number of rotatable bonds is 4. The molecule has 110 valence electrons. The van der Waals surface area contributed by atoms with E-state index in [4.69, 9.17) is 9.84 Å². The summed E-state index contributed by atoms with van der Waals surface area (Å²) in [6.45, 7) is 3.02. The molecule has 1 aliphatic rings. The van der Waals surface area contributed by atoms with E-state index in [2.05, 4.69) is 0 Å². The van der Waals surface area contributed by atoms with E-state index in [0.717, 1.165) is 6.07 Å². The van der Waals surface area contributed by atoms with Crippen LogP contribution in [0, 0.1) is 0 Å². The van der Waals surface area contributed by atoms with Gasteiger partial charge < -0.3 is 20.1 Å². The molecular weight excluding hydrogens is 262 g/mol. The Morgan fingerprint density at radius 3 is 2.80 bits per heavy atom. The van der Waals surface area contributed by atoms with Gasteiger partial charge in [-0.05, 0) is 19.1 Å². The SMILES string of the molecule is CC1CN(CC(=O)c2ccc(O)cc2O)CC(CO)O1. The zero-order chi connectivity index (χ0) is 14.7. The first kappa shape index (κ1) is 14.8. The Morgan fingerprint density at radius 2 is 2.15 bits per heavy atom. The summed E-state index contributed by atoms with van der Waals surface area (Å²) in [6.07, 6.45) is -0.345. The Labute approximate surface area is 117 Å². The highest BCUT2D eigenvalue weighted by atomic mass is 16.5. The molecule has 20 heavy (non-hydrogen) atoms. The topological polar surface area (TPSA) is 90.2 Å². The third-order valence-corrected chi connectivity index (χ3v) is 3.25. The molecule has 0 aliphatic carbocycles. The number of aromatic hydroxyl groups is 2. The molecule has 0 radical (unpaired) electrons. The molecule has 0 bridgehead atoms. The number of hydrogen-bond donors (Lipinski definition) is 3. The molecule has 1 aromatic carbocycles. The van der Waals surface area contributed by atoms with E-state index in [0.29, 0.717) is 13.1 Å². The van der Waals surface area contributed by atoms with E-state index in [-0.39, 0.29) is 48.2 Å². The van der Waals surface area contributed by atoms with E-state index < -0.39 is 0 Å². The molecule has 2 atom stereocenters. The quantitative estimate of drug-likeness (QED) is 0.691. The van der Waals surface area contributed by atoms with Crippen LogP contribution in [0.5, 0.6) is 11.5 Å². The zero-order valence-electron chi connectivity index (χ0n) is 11.3. The van der Waals surface area contributed by atoms with Gasteiger partial charge in [0.1, 0.15) is 11.5 Å². The highest BCUT2D eigenvalue weighted by molar-refractivity contribution is 6.00. The van der Waals surface area contributed by atoms with Crippen LogP contribution in [0.4, 0.5) is 0 Å². The number of ether oxygens (including phenoxy) is 1. The fourth-order valence-corrected chi connectivity index (χ4v) is 2.41. The lowest BCUT2D eigenvalue weighted by molar-refractivity contribution is -0.0926. The molecule has 2 rings (SSSR count). The van der Waals surface area contributed by atoms with Crippen LogP contribution in [0.1, 0.15) is 17.3 Å². The average molecular weight is 281 g/mol. The molecule has 0 aromatic heterocycles. The minimum Gasteiger partial charge on any atom is -0.508 e. The van der Waals surface area contributed by atoms with Crippen molar-refractivity contribution in [1.82, 2.24) is 4.90 Å². The first-order valence-electron chi connectivity index (χ1n) is 6.53. The Morgan fingerprint density at radius 1 is 1.40 bits per heavy atom. The van der Waals surface area contributed by atoms with Crippen LogP contribution in [0.25, 0.3) is 0 Å². The Bertz CT molecular complexity index is 490. The van der Waals surface area contributed by atoms with E-state index in [9.17, 15) is 15.0 Å². The number of phenols is 2. The monoisotopic (exact) mass is 281 g/mol. The second kappa shape index (κ2) is 6.21. The molecule has 1 aromatic rings. The largest absolute Gasteiger partial charge is 0.508 e. The number of hydrogen-bond acceptors (Lipinski definition) is 6. The molecule has 6 nitrogen and oxygen atoms in total. The smallest absolute Gasteiger partial charge is 0.180 e. The Balaban J connectivity index is 2.03. The van der Waals surface area contributed by atoms with Crippen LogP contribution in [-0.2, 0) is 4.74 Å². The lowest BCUT2D eigenvalue weighted by atomic mass is 10.1. The van der Waals surface area contributed by atoms with Crippen molar-refractivity contribution in [3.05, 3.63) is 23.8 Å². The van der Waals surface area contributed by atoms with Crippen molar-refractivity contribution in [3.63, 3.8) is 0 Å². The third kappa shape index (κ3) is 3.47. The summed E-state index contributed by atoms with van der Waals surface area (Å²) in [5.41, 5.74) is 0.183. The van der Waals surface area contributed by atoms with Crippen molar-refractivity contribution in [2.75, 3.05) is 26.2 Å². The maximum atomic E-state index is 12.2. The zero-order valence-corrected chi connectivity index (χ0v) is 11.3. The maximum Gasteiger partial charge on any atom is 0.180 e. The van der Waals surface area contributed by atoms with Crippen molar-refractivity contribution in [2.24, 2.45) is 0 Å². The number of nitrogens with zero attached hydrogens (tertiary/aromatic N) is 1. The van der Waals surface area contributed by atoms with Gasteiger partial charge in [0.05, 0.1) is 30.9 Å². The Hall–Kier alpha value is -1.63. The fraction of sp³-hybridized carbons (Fsp3) is 0.500. The van der Waals surface area contributed by atoms with Crippen molar-refractivity contribution in [1.29, 1.82) is 0 Å². The summed E-state index contributed by atoms with van der Waals surface area (Å²) in [6, 6.07) is 3.91. The van der Waals surface area contributed by atoms with Crippen LogP contribution in [0.3, 0.4) is 0 Å². The summed E-state index contributed by atoms with van der Waals surface area (Å²) < 4.78 is 5.51. The molecule has 1 aliphatic heterocycles. The molecule has 1 fully saturated rings. The van der Waals surface area contributed by atoms with Gasteiger partial charge in [-0.2, -0.15) is 0 Å². The van der Waals surface area contributed by atoms with Crippen molar-refractivity contribution in [3.8, 4) is 11.5 Å². The number of carbonyl (C=O) groups excluding carboxylic acids is 1. The van der Waals surface area contributed by atoms with Crippen LogP contribution in [-0.4, -0.2) is 64.5 Å². The highest BCUT2D eigenvalue weighted by Gasteiger charge is 2.26. The van der Waals surface area contributed by atoms with Crippen LogP contribution in [0.2, 0.25) is 0 Å². The predicted molar refractivity (Wildman–Crippen MR) is 72.0 cm³/mol. The third-order valence-electron chi connectivity index (χ3n) is 3.25. The van der Waals surface area contributed by atoms with E-state index >= 15 is 0 Å². The van der Waals surface area contributed by atoms with Crippen molar-refractivity contribution >= 4 is 5.78 Å². The van der Waals surface area contributed by atoms with Gasteiger partial charge in [-0.15, -0.1) is 0 Å². The van der Waals surface area contributed by atoms with Gasteiger partial charge in [0.2, 0.25) is 0 Å². The average Bonchev–Trinajstić information content (AvgIpc) is 2.37. The van der Waals surface area contributed by atoms with E-state index in [1.165, 1.54) is 12.1 Å². The number of morpholine rings is 1. The van der Waals surface area contributed by atoms with Crippen molar-refractivity contribution < 1.29 is 24.9 Å². The molecular formula is C14H19NO5. The van der Waals surface area contributed by atoms with Gasteiger partial charge in [-0.3, -0.25) is 9.69 Å². The second-order valence-corrected chi connectivity index (χ2v) is 5.07. The Kier molecular flexibility index (Phi) is 4.59. The summed E-state index contributed by atoms with van der Waals surface area (Å²) in [5.74, 6) is -0.539. The predicted octanol–water partition coefficient (Wildman–Crippen LogP) is 0.362. The molecule has 1 heterocycles. The number of aliphatic hydroxyl groups is 1.